The molecule has 1 aromatic rings. The van der Waals surface area contributed by atoms with E-state index in [2.05, 4.69) is 27.3 Å². The first-order valence-corrected chi connectivity index (χ1v) is 7.76. The molecule has 0 aliphatic heterocycles. The molecule has 1 aliphatic carbocycles. The summed E-state index contributed by atoms with van der Waals surface area (Å²) in [7, 11) is 3.82. The van der Waals surface area contributed by atoms with Crippen LogP contribution < -0.4 is 5.32 Å². The van der Waals surface area contributed by atoms with Crippen LogP contribution in [0.25, 0.3) is 0 Å². The van der Waals surface area contributed by atoms with Crippen LogP contribution in [0, 0.1) is 0 Å². The van der Waals surface area contributed by atoms with E-state index in [1.165, 1.54) is 24.1 Å². The van der Waals surface area contributed by atoms with Gasteiger partial charge in [-0.25, -0.2) is 0 Å². The third-order valence-corrected chi connectivity index (χ3v) is 6.22. The summed E-state index contributed by atoms with van der Waals surface area (Å²) >= 11 is 11.2. The molecule has 0 aromatic carbocycles. The Labute approximate surface area is 120 Å². The van der Waals surface area contributed by atoms with Crippen LogP contribution in [0.15, 0.2) is 10.5 Å². The predicted molar refractivity (Wildman–Crippen MR) is 77.0 cm³/mol. The van der Waals surface area contributed by atoms with Gasteiger partial charge in [-0.1, -0.05) is 11.6 Å². The molecule has 0 radical (unpaired) electrons. The molecule has 0 amide bonds. The minimum atomic E-state index is 0.0800. The van der Waals surface area contributed by atoms with Gasteiger partial charge in [0.2, 0.25) is 0 Å². The zero-order valence-corrected chi connectivity index (χ0v) is 13.2. The lowest BCUT2D eigenvalue weighted by Gasteiger charge is -2.42. The largest absolute Gasteiger partial charge is 0.378 e. The van der Waals surface area contributed by atoms with Crippen molar-refractivity contribution in [2.24, 2.45) is 0 Å². The molecule has 1 atom stereocenters. The third kappa shape index (κ3) is 2.87. The maximum absolute atomic E-state index is 6.10. The second-order valence-corrected chi connectivity index (χ2v) is 7.10. The Kier molecular flexibility index (Phi) is 4.53. The van der Waals surface area contributed by atoms with Crippen molar-refractivity contribution in [1.29, 1.82) is 0 Å². The molecule has 2 rings (SSSR count). The topological polar surface area (TPSA) is 21.3 Å². The van der Waals surface area contributed by atoms with Gasteiger partial charge in [-0.05, 0) is 54.7 Å². The molecule has 1 aliphatic rings. The van der Waals surface area contributed by atoms with Gasteiger partial charge in [0.05, 0.1) is 5.60 Å². The van der Waals surface area contributed by atoms with E-state index in [-0.39, 0.29) is 5.60 Å². The summed E-state index contributed by atoms with van der Waals surface area (Å²) in [4.78, 5) is 1.27. The highest BCUT2D eigenvalue weighted by molar-refractivity contribution is 9.10. The van der Waals surface area contributed by atoms with Crippen molar-refractivity contribution in [1.82, 2.24) is 5.32 Å². The highest BCUT2D eigenvalue weighted by Gasteiger charge is 2.39. The van der Waals surface area contributed by atoms with Crippen molar-refractivity contribution in [3.05, 3.63) is 19.8 Å². The maximum atomic E-state index is 6.10. The summed E-state index contributed by atoms with van der Waals surface area (Å²) in [5, 5.41) is 3.37. The fraction of sp³-hybridized carbons (Fsp3) is 0.667. The first-order valence-electron chi connectivity index (χ1n) is 5.77. The van der Waals surface area contributed by atoms with E-state index in [1.807, 2.05) is 14.2 Å². The standard InChI is InChI=1S/C12H17BrClNOS/c1-15-9(7-12(16-2)4-3-5-12)10-6-8(13)11(14)17-10/h6,9,15H,3-5,7H2,1-2H3. The number of halogens is 2. The Morgan fingerprint density at radius 2 is 2.35 bits per heavy atom. The lowest BCUT2D eigenvalue weighted by molar-refractivity contribution is -0.0832. The van der Waals surface area contributed by atoms with Crippen LogP contribution in [0.3, 0.4) is 0 Å². The van der Waals surface area contributed by atoms with Gasteiger partial charge in [-0.2, -0.15) is 0 Å². The van der Waals surface area contributed by atoms with Crippen molar-refractivity contribution < 1.29 is 4.74 Å². The fourth-order valence-electron chi connectivity index (χ4n) is 2.31. The van der Waals surface area contributed by atoms with Crippen molar-refractivity contribution in [3.63, 3.8) is 0 Å². The van der Waals surface area contributed by atoms with E-state index in [4.69, 9.17) is 16.3 Å². The van der Waals surface area contributed by atoms with Gasteiger partial charge in [0.15, 0.2) is 0 Å². The van der Waals surface area contributed by atoms with E-state index in [0.29, 0.717) is 6.04 Å². The molecule has 96 valence electrons. The van der Waals surface area contributed by atoms with Crippen molar-refractivity contribution >= 4 is 38.9 Å². The Morgan fingerprint density at radius 1 is 1.65 bits per heavy atom. The van der Waals surface area contributed by atoms with Crippen LogP contribution in [-0.2, 0) is 4.74 Å². The van der Waals surface area contributed by atoms with Crippen LogP contribution in [-0.4, -0.2) is 19.8 Å². The van der Waals surface area contributed by atoms with Crippen molar-refractivity contribution in [2.75, 3.05) is 14.2 Å². The predicted octanol–water partition coefficient (Wildman–Crippen LogP) is 4.38. The average Bonchev–Trinajstić information content (AvgIpc) is 2.59. The van der Waals surface area contributed by atoms with Gasteiger partial charge in [0, 0.05) is 22.5 Å². The Hall–Kier alpha value is 0.390. The monoisotopic (exact) mass is 337 g/mol. The Morgan fingerprint density at radius 3 is 2.71 bits per heavy atom. The quantitative estimate of drug-likeness (QED) is 0.860. The molecule has 1 heterocycles. The van der Waals surface area contributed by atoms with Crippen LogP contribution >= 0.6 is 38.9 Å². The molecule has 1 saturated carbocycles. The summed E-state index contributed by atoms with van der Waals surface area (Å²) in [5.41, 5.74) is 0.0800. The maximum Gasteiger partial charge on any atom is 0.107 e. The number of rotatable bonds is 5. The molecule has 1 aromatic heterocycles. The minimum Gasteiger partial charge on any atom is -0.378 e. The number of thiophene rings is 1. The first-order chi connectivity index (χ1) is 8.10. The molecular weight excluding hydrogens is 322 g/mol. The number of methoxy groups -OCH3 is 1. The summed E-state index contributed by atoms with van der Waals surface area (Å²) < 4.78 is 7.49. The second-order valence-electron chi connectivity index (χ2n) is 4.56. The van der Waals surface area contributed by atoms with Crippen LogP contribution in [0.2, 0.25) is 4.34 Å². The average molecular weight is 339 g/mol. The number of ether oxygens (including phenoxy) is 1. The lowest BCUT2D eigenvalue weighted by atomic mass is 9.75. The molecular formula is C12H17BrClNOS. The SMILES string of the molecule is CNC(CC1(OC)CCC1)c1cc(Br)c(Cl)s1. The molecule has 2 nitrogen and oxygen atoms in total. The number of hydrogen-bond donors (Lipinski definition) is 1. The molecule has 0 bridgehead atoms. The van der Waals surface area contributed by atoms with E-state index in [0.717, 1.165) is 15.2 Å². The van der Waals surface area contributed by atoms with E-state index in [1.54, 1.807) is 11.3 Å². The third-order valence-electron chi connectivity index (χ3n) is 3.63. The zero-order valence-electron chi connectivity index (χ0n) is 10.1. The van der Waals surface area contributed by atoms with Gasteiger partial charge < -0.3 is 10.1 Å². The molecule has 1 fully saturated rings. The fourth-order valence-corrected chi connectivity index (χ4v) is 4.16. The van der Waals surface area contributed by atoms with E-state index >= 15 is 0 Å². The van der Waals surface area contributed by atoms with Crippen molar-refractivity contribution in [3.8, 4) is 0 Å². The molecule has 17 heavy (non-hydrogen) atoms. The van der Waals surface area contributed by atoms with Crippen LogP contribution in [0.4, 0.5) is 0 Å². The van der Waals surface area contributed by atoms with Crippen molar-refractivity contribution in [2.45, 2.75) is 37.3 Å². The molecule has 1 unspecified atom stereocenters. The van der Waals surface area contributed by atoms with Gasteiger partial charge >= 0.3 is 0 Å². The van der Waals surface area contributed by atoms with Gasteiger partial charge in [-0.15, -0.1) is 11.3 Å². The first kappa shape index (κ1) is 13.8. The summed E-state index contributed by atoms with van der Waals surface area (Å²) in [6, 6.07) is 2.43. The van der Waals surface area contributed by atoms with E-state index in [9.17, 15) is 0 Å². The smallest absolute Gasteiger partial charge is 0.107 e. The highest BCUT2D eigenvalue weighted by Crippen LogP contribution is 2.44. The highest BCUT2D eigenvalue weighted by atomic mass is 79.9. The summed E-state index contributed by atoms with van der Waals surface area (Å²) in [6.07, 6.45) is 4.63. The summed E-state index contributed by atoms with van der Waals surface area (Å²) in [6.45, 7) is 0. The second kappa shape index (κ2) is 5.57. The Balaban J connectivity index is 2.11. The van der Waals surface area contributed by atoms with Gasteiger partial charge in [0.25, 0.3) is 0 Å². The van der Waals surface area contributed by atoms with Crippen LogP contribution in [0.1, 0.15) is 36.6 Å². The molecule has 0 spiro atoms. The Bertz CT molecular complexity index is 367. The summed E-state index contributed by atoms with van der Waals surface area (Å²) in [5.74, 6) is 0. The molecule has 1 N–H and O–H groups in total. The normalized spacial score (nSPS) is 20.0. The van der Waals surface area contributed by atoms with E-state index < -0.39 is 0 Å². The lowest BCUT2D eigenvalue weighted by Crippen LogP contribution is -2.42. The molecule has 5 heteroatoms. The number of hydrogen-bond acceptors (Lipinski definition) is 3. The number of nitrogens with one attached hydrogen (secondary N) is 1. The van der Waals surface area contributed by atoms with Gasteiger partial charge in [0.1, 0.15) is 4.34 Å². The zero-order chi connectivity index (χ0) is 12.5. The van der Waals surface area contributed by atoms with Crippen LogP contribution in [0.5, 0.6) is 0 Å². The van der Waals surface area contributed by atoms with Gasteiger partial charge in [-0.3, -0.25) is 0 Å². The minimum absolute atomic E-state index is 0.0800. The molecule has 0 saturated heterocycles.